The minimum atomic E-state index is -0.380. The highest BCUT2D eigenvalue weighted by Gasteiger charge is 2.38. The van der Waals surface area contributed by atoms with Crippen LogP contribution in [0.2, 0.25) is 5.02 Å². The standard InChI is InChI=1S/C28H26ClN3O4/c1-18-17-26(32(19(2)33)23-13-9-21(29)10-14-23)24-5-3-4-6-25(24)31(18)27(34)20-7-11-22(12-8-20)30-15-16-36-28(30)35/h3-14,18,26H,15-17H2,1-2H3/t18-,26+/m0/s1. The Labute approximate surface area is 214 Å². The first kappa shape index (κ1) is 23.9. The molecule has 0 N–H and O–H groups in total. The number of para-hydroxylation sites is 1. The topological polar surface area (TPSA) is 70.2 Å². The van der Waals surface area contributed by atoms with Crippen molar-refractivity contribution in [3.05, 3.63) is 88.9 Å². The molecule has 0 spiro atoms. The van der Waals surface area contributed by atoms with Crippen LogP contribution in [0, 0.1) is 0 Å². The molecule has 0 aliphatic carbocycles. The van der Waals surface area contributed by atoms with E-state index < -0.39 is 0 Å². The first-order valence-electron chi connectivity index (χ1n) is 11.9. The monoisotopic (exact) mass is 503 g/mol. The van der Waals surface area contributed by atoms with Gasteiger partial charge in [-0.25, -0.2) is 4.79 Å². The van der Waals surface area contributed by atoms with E-state index in [1.807, 2.05) is 43.3 Å². The summed E-state index contributed by atoms with van der Waals surface area (Å²) in [6.07, 6.45) is 0.192. The molecule has 3 aromatic rings. The van der Waals surface area contributed by atoms with Gasteiger partial charge in [0.05, 0.1) is 12.6 Å². The lowest BCUT2D eigenvalue weighted by Crippen LogP contribution is -2.47. The first-order chi connectivity index (χ1) is 17.3. The van der Waals surface area contributed by atoms with Gasteiger partial charge in [0.1, 0.15) is 6.61 Å². The molecule has 184 valence electrons. The third-order valence-corrected chi connectivity index (χ3v) is 6.97. The number of fused-ring (bicyclic) bond motifs is 1. The Morgan fingerprint density at radius 2 is 1.69 bits per heavy atom. The zero-order chi connectivity index (χ0) is 25.4. The number of halogens is 1. The number of benzene rings is 3. The van der Waals surface area contributed by atoms with Gasteiger partial charge in [0, 0.05) is 40.6 Å². The predicted octanol–water partition coefficient (Wildman–Crippen LogP) is 5.83. The van der Waals surface area contributed by atoms with Crippen molar-refractivity contribution in [3.8, 4) is 0 Å². The fraction of sp³-hybridized carbons (Fsp3) is 0.250. The maximum Gasteiger partial charge on any atom is 0.414 e. The number of carbonyl (C=O) groups is 3. The van der Waals surface area contributed by atoms with Crippen LogP contribution in [0.5, 0.6) is 0 Å². The summed E-state index contributed by atoms with van der Waals surface area (Å²) in [6, 6.07) is 21.5. The molecule has 2 aliphatic heterocycles. The summed E-state index contributed by atoms with van der Waals surface area (Å²) in [5, 5.41) is 0.601. The van der Waals surface area contributed by atoms with E-state index in [2.05, 4.69) is 0 Å². The largest absolute Gasteiger partial charge is 0.447 e. The Morgan fingerprint density at radius 1 is 1.00 bits per heavy atom. The van der Waals surface area contributed by atoms with E-state index in [9.17, 15) is 14.4 Å². The third-order valence-electron chi connectivity index (χ3n) is 6.72. The van der Waals surface area contributed by atoms with Crippen molar-refractivity contribution in [1.29, 1.82) is 0 Å². The number of hydrogen-bond acceptors (Lipinski definition) is 4. The summed E-state index contributed by atoms with van der Waals surface area (Å²) < 4.78 is 5.01. The van der Waals surface area contributed by atoms with E-state index >= 15 is 0 Å². The van der Waals surface area contributed by atoms with Crippen LogP contribution >= 0.6 is 11.6 Å². The summed E-state index contributed by atoms with van der Waals surface area (Å²) in [7, 11) is 0. The van der Waals surface area contributed by atoms with Gasteiger partial charge in [-0.1, -0.05) is 29.8 Å². The molecule has 0 saturated carbocycles. The maximum atomic E-state index is 13.7. The van der Waals surface area contributed by atoms with Gasteiger partial charge in [-0.15, -0.1) is 0 Å². The van der Waals surface area contributed by atoms with Crippen LogP contribution in [0.3, 0.4) is 0 Å². The second-order valence-electron chi connectivity index (χ2n) is 9.01. The normalized spacial score (nSPS) is 19.0. The van der Waals surface area contributed by atoms with E-state index in [1.165, 1.54) is 0 Å². The Bertz CT molecular complexity index is 1310. The highest BCUT2D eigenvalue weighted by atomic mass is 35.5. The molecule has 36 heavy (non-hydrogen) atoms. The predicted molar refractivity (Wildman–Crippen MR) is 140 cm³/mol. The Hall–Kier alpha value is -3.84. The smallest absolute Gasteiger partial charge is 0.414 e. The van der Waals surface area contributed by atoms with Crippen LogP contribution in [0.25, 0.3) is 0 Å². The summed E-state index contributed by atoms with van der Waals surface area (Å²) in [4.78, 5) is 43.5. The third kappa shape index (κ3) is 4.31. The lowest BCUT2D eigenvalue weighted by atomic mass is 9.89. The van der Waals surface area contributed by atoms with Crippen molar-refractivity contribution in [1.82, 2.24) is 0 Å². The van der Waals surface area contributed by atoms with E-state index in [1.54, 1.807) is 58.0 Å². The van der Waals surface area contributed by atoms with Gasteiger partial charge in [0.15, 0.2) is 0 Å². The molecular weight excluding hydrogens is 478 g/mol. The number of hydrogen-bond donors (Lipinski definition) is 0. The zero-order valence-corrected chi connectivity index (χ0v) is 20.8. The number of carbonyl (C=O) groups excluding carboxylic acids is 3. The van der Waals surface area contributed by atoms with Crippen LogP contribution in [0.1, 0.15) is 42.2 Å². The van der Waals surface area contributed by atoms with E-state index in [4.69, 9.17) is 16.3 Å². The lowest BCUT2D eigenvalue weighted by molar-refractivity contribution is -0.117. The fourth-order valence-electron chi connectivity index (χ4n) is 5.07. The molecule has 2 heterocycles. The Morgan fingerprint density at radius 3 is 2.33 bits per heavy atom. The number of anilines is 3. The number of ether oxygens (including phenoxy) is 1. The minimum Gasteiger partial charge on any atom is -0.447 e. The molecule has 2 atom stereocenters. The average Bonchev–Trinajstić information content (AvgIpc) is 3.31. The summed E-state index contributed by atoms with van der Waals surface area (Å²) in [5.74, 6) is -0.218. The quantitative estimate of drug-likeness (QED) is 0.449. The highest BCUT2D eigenvalue weighted by molar-refractivity contribution is 6.30. The molecule has 1 saturated heterocycles. The van der Waals surface area contributed by atoms with E-state index in [0.29, 0.717) is 35.8 Å². The SMILES string of the molecule is CC(=O)N(c1ccc(Cl)cc1)[C@@H]1C[C@H](C)N(C(=O)c2ccc(N3CCOC3=O)cc2)c2ccccc21. The molecule has 2 aliphatic rings. The van der Waals surface area contributed by atoms with Crippen LogP contribution in [0.4, 0.5) is 21.9 Å². The van der Waals surface area contributed by atoms with Crippen LogP contribution in [0.15, 0.2) is 72.8 Å². The lowest BCUT2D eigenvalue weighted by Gasteiger charge is -2.43. The van der Waals surface area contributed by atoms with Crippen LogP contribution < -0.4 is 14.7 Å². The second kappa shape index (κ2) is 9.66. The van der Waals surface area contributed by atoms with Crippen molar-refractivity contribution in [2.45, 2.75) is 32.4 Å². The summed E-state index contributed by atoms with van der Waals surface area (Å²) in [6.45, 7) is 4.40. The van der Waals surface area contributed by atoms with Gasteiger partial charge in [-0.05, 0) is 73.5 Å². The molecule has 0 bridgehead atoms. The van der Waals surface area contributed by atoms with Crippen molar-refractivity contribution >= 4 is 46.6 Å². The molecule has 3 aromatic carbocycles. The van der Waals surface area contributed by atoms with E-state index in [-0.39, 0.29) is 30.0 Å². The molecule has 7 nitrogen and oxygen atoms in total. The molecule has 5 rings (SSSR count). The molecule has 8 heteroatoms. The molecule has 3 amide bonds. The fourth-order valence-corrected chi connectivity index (χ4v) is 5.20. The average molecular weight is 504 g/mol. The summed E-state index contributed by atoms with van der Waals surface area (Å²) in [5.41, 5.74) is 3.66. The Balaban J connectivity index is 1.48. The van der Waals surface area contributed by atoms with Gasteiger partial charge >= 0.3 is 6.09 Å². The molecular formula is C28H26ClN3O4. The second-order valence-corrected chi connectivity index (χ2v) is 9.45. The summed E-state index contributed by atoms with van der Waals surface area (Å²) >= 11 is 6.08. The van der Waals surface area contributed by atoms with Gasteiger partial charge in [-0.2, -0.15) is 0 Å². The van der Waals surface area contributed by atoms with Gasteiger partial charge in [-0.3, -0.25) is 14.5 Å². The number of nitrogens with zero attached hydrogens (tertiary/aromatic N) is 3. The van der Waals surface area contributed by atoms with Crippen molar-refractivity contribution < 1.29 is 19.1 Å². The molecule has 0 radical (unpaired) electrons. The number of amides is 3. The van der Waals surface area contributed by atoms with E-state index in [0.717, 1.165) is 16.9 Å². The molecule has 0 aromatic heterocycles. The highest BCUT2D eigenvalue weighted by Crippen LogP contribution is 2.43. The van der Waals surface area contributed by atoms with Crippen LogP contribution in [-0.2, 0) is 9.53 Å². The number of cyclic esters (lactones) is 1. The van der Waals surface area contributed by atoms with Gasteiger partial charge < -0.3 is 14.5 Å². The van der Waals surface area contributed by atoms with Crippen LogP contribution in [-0.4, -0.2) is 37.1 Å². The minimum absolute atomic E-state index is 0.0832. The molecule has 0 unspecified atom stereocenters. The van der Waals surface area contributed by atoms with Gasteiger partial charge in [0.25, 0.3) is 5.91 Å². The zero-order valence-electron chi connectivity index (χ0n) is 20.1. The maximum absolute atomic E-state index is 13.7. The van der Waals surface area contributed by atoms with Gasteiger partial charge in [0.2, 0.25) is 5.91 Å². The first-order valence-corrected chi connectivity index (χ1v) is 12.2. The van der Waals surface area contributed by atoms with Crippen molar-refractivity contribution in [2.75, 3.05) is 27.9 Å². The Kier molecular flexibility index (Phi) is 6.41. The van der Waals surface area contributed by atoms with Crippen molar-refractivity contribution in [3.63, 3.8) is 0 Å². The molecule has 1 fully saturated rings. The van der Waals surface area contributed by atoms with Crippen molar-refractivity contribution in [2.24, 2.45) is 0 Å². The number of rotatable bonds is 4.